The lowest BCUT2D eigenvalue weighted by Gasteiger charge is -2.51. The van der Waals surface area contributed by atoms with Gasteiger partial charge in [0, 0.05) is 36.7 Å². The number of hydrogen-bond acceptors (Lipinski definition) is 4. The van der Waals surface area contributed by atoms with Gasteiger partial charge in [0.15, 0.2) is 0 Å². The molecular weight excluding hydrogens is 256 g/mol. The number of methoxy groups -OCH3 is 1. The Bertz CT molecular complexity index is 514. The summed E-state index contributed by atoms with van der Waals surface area (Å²) < 4.78 is 5.43. The largest absolute Gasteiger partial charge is 0.381 e. The van der Waals surface area contributed by atoms with Crippen LogP contribution in [0.25, 0.3) is 0 Å². The lowest BCUT2D eigenvalue weighted by molar-refractivity contribution is -0.385. The Morgan fingerprint density at radius 1 is 1.50 bits per heavy atom. The van der Waals surface area contributed by atoms with E-state index in [-0.39, 0.29) is 22.1 Å². The van der Waals surface area contributed by atoms with Crippen LogP contribution in [0.3, 0.4) is 0 Å². The van der Waals surface area contributed by atoms with Crippen molar-refractivity contribution < 1.29 is 9.66 Å². The second-order valence-electron chi connectivity index (χ2n) is 6.03. The Kier molecular flexibility index (Phi) is 4.11. The van der Waals surface area contributed by atoms with Crippen molar-refractivity contribution in [3.63, 3.8) is 0 Å². The molecule has 0 aliphatic heterocycles. The first-order valence-electron chi connectivity index (χ1n) is 6.87. The second kappa shape index (κ2) is 5.50. The molecule has 0 amide bonds. The van der Waals surface area contributed by atoms with Crippen LogP contribution in [0.4, 0.5) is 5.69 Å². The molecule has 1 aliphatic carbocycles. The fourth-order valence-electron chi connectivity index (χ4n) is 2.92. The van der Waals surface area contributed by atoms with Gasteiger partial charge >= 0.3 is 0 Å². The highest BCUT2D eigenvalue weighted by molar-refractivity contribution is 5.44. The number of nitrogens with zero attached hydrogens (tertiary/aromatic N) is 1. The van der Waals surface area contributed by atoms with E-state index in [1.807, 2.05) is 6.07 Å². The predicted molar refractivity (Wildman–Crippen MR) is 77.7 cm³/mol. The van der Waals surface area contributed by atoms with Crippen molar-refractivity contribution >= 4 is 5.69 Å². The Morgan fingerprint density at radius 2 is 2.20 bits per heavy atom. The number of ether oxygens (including phenoxy) is 1. The van der Waals surface area contributed by atoms with Crippen molar-refractivity contribution in [1.29, 1.82) is 0 Å². The van der Waals surface area contributed by atoms with E-state index in [4.69, 9.17) is 4.74 Å². The smallest absolute Gasteiger partial charge is 0.272 e. The number of nitrogens with one attached hydrogen (secondary N) is 1. The first-order valence-corrected chi connectivity index (χ1v) is 6.87. The zero-order chi connectivity index (χ0) is 14.9. The molecule has 1 aromatic carbocycles. The maximum Gasteiger partial charge on any atom is 0.272 e. The van der Waals surface area contributed by atoms with E-state index in [9.17, 15) is 10.1 Å². The molecule has 2 unspecified atom stereocenters. The lowest BCUT2D eigenvalue weighted by atomic mass is 9.64. The van der Waals surface area contributed by atoms with Gasteiger partial charge in [-0.3, -0.25) is 10.1 Å². The van der Waals surface area contributed by atoms with E-state index in [0.717, 1.165) is 17.5 Å². The highest BCUT2D eigenvalue weighted by Gasteiger charge is 2.48. The summed E-state index contributed by atoms with van der Waals surface area (Å²) in [6, 6.07) is 5.61. The van der Waals surface area contributed by atoms with Gasteiger partial charge in [0.05, 0.1) is 11.0 Å². The average molecular weight is 278 g/mol. The van der Waals surface area contributed by atoms with Gasteiger partial charge in [-0.15, -0.1) is 0 Å². The minimum Gasteiger partial charge on any atom is -0.381 e. The number of nitro benzene ring substituents is 1. The predicted octanol–water partition coefficient (Wildman–Crippen LogP) is 2.81. The Hall–Kier alpha value is -1.46. The van der Waals surface area contributed by atoms with Gasteiger partial charge in [-0.1, -0.05) is 26.0 Å². The van der Waals surface area contributed by atoms with E-state index >= 15 is 0 Å². The molecule has 0 aromatic heterocycles. The molecule has 1 saturated carbocycles. The number of nitro groups is 1. The fourth-order valence-corrected chi connectivity index (χ4v) is 2.92. The first kappa shape index (κ1) is 14.9. The minimum absolute atomic E-state index is 0.101. The molecule has 1 N–H and O–H groups in total. The third-order valence-corrected chi connectivity index (χ3v) is 4.62. The van der Waals surface area contributed by atoms with Crippen LogP contribution in [0.15, 0.2) is 18.2 Å². The highest BCUT2D eigenvalue weighted by atomic mass is 16.6. The average Bonchev–Trinajstić information content (AvgIpc) is 2.39. The van der Waals surface area contributed by atoms with Crippen LogP contribution in [0, 0.1) is 22.5 Å². The van der Waals surface area contributed by atoms with Crippen molar-refractivity contribution in [2.24, 2.45) is 5.41 Å². The number of hydrogen-bond donors (Lipinski definition) is 1. The standard InChI is InChI=1S/C15H22N2O3/c1-10-11(6-5-7-12(10)17(18)19)9-16-13-8-14(20-4)15(13,2)3/h5-7,13-14,16H,8-9H2,1-4H3. The second-order valence-corrected chi connectivity index (χ2v) is 6.03. The van der Waals surface area contributed by atoms with Crippen LogP contribution in [0.2, 0.25) is 0 Å². The molecule has 0 bridgehead atoms. The van der Waals surface area contributed by atoms with Crippen molar-refractivity contribution in [1.82, 2.24) is 5.32 Å². The molecule has 5 heteroatoms. The molecule has 5 nitrogen and oxygen atoms in total. The quantitative estimate of drug-likeness (QED) is 0.664. The topological polar surface area (TPSA) is 64.4 Å². The van der Waals surface area contributed by atoms with Gasteiger partial charge in [0.2, 0.25) is 0 Å². The summed E-state index contributed by atoms with van der Waals surface area (Å²) in [5.41, 5.74) is 2.01. The van der Waals surface area contributed by atoms with Crippen LogP contribution in [-0.2, 0) is 11.3 Å². The number of benzene rings is 1. The van der Waals surface area contributed by atoms with E-state index in [1.54, 1.807) is 26.2 Å². The summed E-state index contributed by atoms with van der Waals surface area (Å²) in [5, 5.41) is 14.4. The maximum absolute atomic E-state index is 10.9. The molecule has 0 spiro atoms. The van der Waals surface area contributed by atoms with E-state index in [0.29, 0.717) is 12.6 Å². The molecule has 0 radical (unpaired) electrons. The van der Waals surface area contributed by atoms with E-state index < -0.39 is 0 Å². The van der Waals surface area contributed by atoms with Crippen molar-refractivity contribution in [2.45, 2.75) is 45.9 Å². The molecule has 2 atom stereocenters. The third-order valence-electron chi connectivity index (χ3n) is 4.62. The van der Waals surface area contributed by atoms with Crippen molar-refractivity contribution in [3.05, 3.63) is 39.4 Å². The van der Waals surface area contributed by atoms with Crippen molar-refractivity contribution in [3.8, 4) is 0 Å². The van der Waals surface area contributed by atoms with Crippen molar-refractivity contribution in [2.75, 3.05) is 7.11 Å². The minimum atomic E-state index is -0.326. The van der Waals surface area contributed by atoms with Gasteiger partial charge in [-0.2, -0.15) is 0 Å². The molecule has 110 valence electrons. The van der Waals surface area contributed by atoms with Crippen LogP contribution in [0.1, 0.15) is 31.4 Å². The summed E-state index contributed by atoms with van der Waals surface area (Å²) in [6.07, 6.45) is 1.27. The Labute approximate surface area is 119 Å². The zero-order valence-corrected chi connectivity index (χ0v) is 12.5. The van der Waals surface area contributed by atoms with Crippen LogP contribution >= 0.6 is 0 Å². The van der Waals surface area contributed by atoms with Crippen LogP contribution in [0.5, 0.6) is 0 Å². The number of rotatable bonds is 5. The Balaban J connectivity index is 2.03. The summed E-state index contributed by atoms with van der Waals surface area (Å²) in [6.45, 7) is 6.82. The monoisotopic (exact) mass is 278 g/mol. The van der Waals surface area contributed by atoms with Crippen LogP contribution in [-0.4, -0.2) is 24.2 Å². The van der Waals surface area contributed by atoms with E-state index in [1.165, 1.54) is 0 Å². The molecule has 0 saturated heterocycles. The molecule has 1 fully saturated rings. The molecule has 0 heterocycles. The summed E-state index contributed by atoms with van der Waals surface area (Å²) in [7, 11) is 1.74. The molecule has 1 aliphatic rings. The normalized spacial score (nSPS) is 24.2. The molecule has 1 aromatic rings. The SMILES string of the molecule is COC1CC(NCc2cccc([N+](=O)[O-])c2C)C1(C)C. The highest BCUT2D eigenvalue weighted by Crippen LogP contribution is 2.42. The summed E-state index contributed by atoms with van der Waals surface area (Å²) in [5.74, 6) is 0. The fraction of sp³-hybridized carbons (Fsp3) is 0.600. The van der Waals surface area contributed by atoms with Gasteiger partial charge in [0.25, 0.3) is 5.69 Å². The van der Waals surface area contributed by atoms with E-state index in [2.05, 4.69) is 19.2 Å². The van der Waals surface area contributed by atoms with Gasteiger partial charge in [-0.05, 0) is 18.9 Å². The van der Waals surface area contributed by atoms with Gasteiger partial charge in [-0.25, -0.2) is 0 Å². The zero-order valence-electron chi connectivity index (χ0n) is 12.5. The van der Waals surface area contributed by atoms with Gasteiger partial charge in [0.1, 0.15) is 0 Å². The molecular formula is C15H22N2O3. The summed E-state index contributed by atoms with van der Waals surface area (Å²) >= 11 is 0. The van der Waals surface area contributed by atoms with Crippen LogP contribution < -0.4 is 5.32 Å². The Morgan fingerprint density at radius 3 is 2.75 bits per heavy atom. The molecule has 20 heavy (non-hydrogen) atoms. The molecule has 2 rings (SSSR count). The third kappa shape index (κ3) is 2.55. The van der Waals surface area contributed by atoms with Gasteiger partial charge < -0.3 is 10.1 Å². The maximum atomic E-state index is 10.9. The first-order chi connectivity index (χ1) is 9.37. The summed E-state index contributed by atoms with van der Waals surface area (Å²) in [4.78, 5) is 10.6. The lowest BCUT2D eigenvalue weighted by Crippen LogP contribution is -2.60.